The Kier molecular flexibility index (Phi) is 9.56. The van der Waals surface area contributed by atoms with Crippen LogP contribution >= 0.6 is 0 Å². The van der Waals surface area contributed by atoms with Gasteiger partial charge in [0, 0.05) is 18.0 Å². The highest BCUT2D eigenvalue weighted by atomic mass is 19.1. The lowest BCUT2D eigenvalue weighted by Crippen LogP contribution is -2.30. The Hall–Kier alpha value is -1.69. The van der Waals surface area contributed by atoms with Crippen LogP contribution in [0.3, 0.4) is 0 Å². The van der Waals surface area contributed by atoms with E-state index in [4.69, 9.17) is 23.7 Å². The predicted octanol–water partition coefficient (Wildman–Crippen LogP) is 1.45. The Morgan fingerprint density at radius 2 is 1.46 bits per heavy atom. The quantitative estimate of drug-likeness (QED) is 0.673. The Bertz CT molecular complexity index is 622. The van der Waals surface area contributed by atoms with E-state index in [-0.39, 0.29) is 11.0 Å². The van der Waals surface area contributed by atoms with E-state index >= 15 is 0 Å². The van der Waals surface area contributed by atoms with Crippen molar-refractivity contribution in [3.63, 3.8) is 0 Å². The molecule has 3 nitrogen and oxygen atoms in total. The maximum atomic E-state index is 12.5. The van der Waals surface area contributed by atoms with Crippen molar-refractivity contribution in [2.24, 2.45) is 5.92 Å². The van der Waals surface area contributed by atoms with Gasteiger partial charge in [0.2, 0.25) is 0 Å². The third-order valence-corrected chi connectivity index (χ3v) is 3.92. The number of rotatable bonds is 0. The molecule has 0 bridgehead atoms. The Balaban J connectivity index is 0.000000197. The molecule has 2 heterocycles. The number of piperidine rings is 1. The van der Waals surface area contributed by atoms with Crippen molar-refractivity contribution in [2.75, 3.05) is 13.1 Å². The van der Waals surface area contributed by atoms with E-state index in [2.05, 4.69) is 16.9 Å². The lowest BCUT2D eigenvalue weighted by molar-refractivity contribution is 0.298. The van der Waals surface area contributed by atoms with E-state index in [1.54, 1.807) is 12.4 Å². The molecule has 0 N–H and O–H groups in total. The summed E-state index contributed by atoms with van der Waals surface area (Å²) < 4.78 is 25.0. The molecule has 1 aromatic carbocycles. The highest BCUT2D eigenvalue weighted by molar-refractivity contribution is 6.32. The second-order valence-corrected chi connectivity index (χ2v) is 6.45. The molecule has 1 aromatic heterocycles. The third-order valence-electron chi connectivity index (χ3n) is 3.92. The van der Waals surface area contributed by atoms with Crippen molar-refractivity contribution in [3.05, 3.63) is 47.3 Å². The summed E-state index contributed by atoms with van der Waals surface area (Å²) in [7, 11) is 15.9. The zero-order valence-electron chi connectivity index (χ0n) is 15.5. The Morgan fingerprint density at radius 3 is 1.85 bits per heavy atom. The van der Waals surface area contributed by atoms with Gasteiger partial charge in [-0.2, -0.15) is 0 Å². The summed E-state index contributed by atoms with van der Waals surface area (Å²) in [5, 5.41) is 0. The summed E-state index contributed by atoms with van der Waals surface area (Å²) in [6, 6.07) is 2.19. The van der Waals surface area contributed by atoms with Crippen molar-refractivity contribution in [2.45, 2.75) is 33.6 Å². The molecule has 132 valence electrons. The van der Waals surface area contributed by atoms with Crippen molar-refractivity contribution in [3.8, 4) is 0 Å². The normalized spacial score (nSPS) is 14.7. The molecular weight excluding hydrogens is 329 g/mol. The summed E-state index contributed by atoms with van der Waals surface area (Å²) >= 11 is 0. The van der Waals surface area contributed by atoms with Crippen LogP contribution in [0.25, 0.3) is 0 Å². The van der Waals surface area contributed by atoms with Crippen molar-refractivity contribution >= 4 is 34.9 Å². The van der Waals surface area contributed by atoms with E-state index in [1.165, 1.54) is 19.8 Å². The number of benzene rings is 1. The third kappa shape index (κ3) is 8.61. The maximum Gasteiger partial charge on any atom is 0.182 e. The van der Waals surface area contributed by atoms with Gasteiger partial charge in [0.25, 0.3) is 0 Å². The molecule has 6 radical (unpaired) electrons. The first-order valence-electron chi connectivity index (χ1n) is 8.44. The minimum atomic E-state index is -0.600. The van der Waals surface area contributed by atoms with Crippen LogP contribution in [-0.2, 0) is 0 Å². The molecule has 26 heavy (non-hydrogen) atoms. The Labute approximate surface area is 158 Å². The highest BCUT2D eigenvalue weighted by Gasteiger charge is 2.10. The lowest BCUT2D eigenvalue weighted by atomic mass is 9.95. The molecule has 3 rings (SSSR count). The minimum absolute atomic E-state index is 0.00852. The molecule has 8 heteroatoms. The van der Waals surface area contributed by atoms with Gasteiger partial charge < -0.3 is 4.81 Å². The van der Waals surface area contributed by atoms with Crippen molar-refractivity contribution in [1.29, 1.82) is 0 Å². The molecule has 1 aliphatic heterocycles. The van der Waals surface area contributed by atoms with Crippen LogP contribution < -0.4 is 11.2 Å². The average Bonchev–Trinajstić information content (AvgIpc) is 2.59. The van der Waals surface area contributed by atoms with Gasteiger partial charge in [0.05, 0.1) is 5.72 Å². The number of aromatic nitrogens is 2. The van der Waals surface area contributed by atoms with Gasteiger partial charge in [-0.1, -0.05) is 12.4 Å². The number of hydrogen-bond donors (Lipinski definition) is 0. The van der Waals surface area contributed by atoms with Crippen LogP contribution in [-0.4, -0.2) is 51.5 Å². The van der Waals surface area contributed by atoms with Gasteiger partial charge in [0.15, 0.2) is 15.8 Å². The number of halogens is 2. The first kappa shape index (κ1) is 22.4. The van der Waals surface area contributed by atoms with Gasteiger partial charge in [-0.05, 0) is 63.4 Å². The van der Waals surface area contributed by atoms with Gasteiger partial charge >= 0.3 is 0 Å². The van der Waals surface area contributed by atoms with Crippen LogP contribution in [0.5, 0.6) is 0 Å². The number of hydrogen-bond acceptors (Lipinski definition) is 3. The fourth-order valence-corrected chi connectivity index (χ4v) is 2.10. The molecule has 0 amide bonds. The molecule has 0 aliphatic carbocycles. The van der Waals surface area contributed by atoms with E-state index in [0.29, 0.717) is 5.72 Å². The molecule has 2 aromatic rings. The average molecular weight is 351 g/mol. The van der Waals surface area contributed by atoms with Gasteiger partial charge in [0.1, 0.15) is 19.5 Å². The number of aryl methyl sites for hydroxylation is 1. The first-order valence-corrected chi connectivity index (χ1v) is 8.44. The largest absolute Gasteiger partial charge is 0.353 e. The van der Waals surface area contributed by atoms with Gasteiger partial charge in [-0.3, -0.25) is 9.97 Å². The van der Waals surface area contributed by atoms with Crippen molar-refractivity contribution < 1.29 is 8.78 Å². The second-order valence-electron chi connectivity index (χ2n) is 6.45. The molecule has 0 unspecified atom stereocenters. The lowest BCUT2D eigenvalue weighted by Gasteiger charge is -2.26. The summed E-state index contributed by atoms with van der Waals surface area (Å²) in [5.41, 5.74) is 1.48. The van der Waals surface area contributed by atoms with Crippen LogP contribution in [0.4, 0.5) is 8.78 Å². The standard InChI is InChI=1S/C7H5BF2.C6H12BN.C5H5BN2/c1-4-6(9)2-5(8)3-7(4)10;1-6-2-4-8(7)5-3-6;1-4-2-7-5(6)8-3-4/h2-3H,1H3;6H,2-5H2,1H3;2-3H,1H3. The zero-order chi connectivity index (χ0) is 19.7. The van der Waals surface area contributed by atoms with Crippen LogP contribution in [0.1, 0.15) is 30.9 Å². The van der Waals surface area contributed by atoms with Crippen LogP contribution in [0.2, 0.25) is 0 Å². The van der Waals surface area contributed by atoms with E-state index in [9.17, 15) is 8.78 Å². The van der Waals surface area contributed by atoms with E-state index in [1.807, 2.05) is 11.7 Å². The fraction of sp³-hybridized carbons (Fsp3) is 0.444. The number of nitrogens with zero attached hydrogens (tertiary/aromatic N) is 3. The van der Waals surface area contributed by atoms with Crippen LogP contribution in [0.15, 0.2) is 24.5 Å². The first-order chi connectivity index (χ1) is 12.2. The topological polar surface area (TPSA) is 29.0 Å². The molecule has 1 aliphatic rings. The smallest absolute Gasteiger partial charge is 0.182 e. The molecular formula is C18H22B3F2N3. The summed E-state index contributed by atoms with van der Waals surface area (Å²) in [6.07, 6.45) is 5.91. The predicted molar refractivity (Wildman–Crippen MR) is 104 cm³/mol. The van der Waals surface area contributed by atoms with Crippen molar-refractivity contribution in [1.82, 2.24) is 14.8 Å². The minimum Gasteiger partial charge on any atom is -0.353 e. The zero-order valence-corrected chi connectivity index (χ0v) is 15.5. The molecule has 0 spiro atoms. The van der Waals surface area contributed by atoms with Gasteiger partial charge in [-0.25, -0.2) is 8.78 Å². The van der Waals surface area contributed by atoms with E-state index < -0.39 is 11.6 Å². The summed E-state index contributed by atoms with van der Waals surface area (Å²) in [6.45, 7) is 7.74. The molecule has 0 atom stereocenters. The SMILES string of the molecule is [B]N1CCC(C)CC1.[B]c1cc(F)c(C)c(F)c1.[B]c1ncc(C)cn1. The summed E-state index contributed by atoms with van der Waals surface area (Å²) in [5.74, 6) is -0.301. The van der Waals surface area contributed by atoms with Crippen LogP contribution in [0, 0.1) is 31.4 Å². The van der Waals surface area contributed by atoms with Gasteiger partial charge in [-0.15, -0.1) is 0 Å². The monoisotopic (exact) mass is 351 g/mol. The fourth-order valence-electron chi connectivity index (χ4n) is 2.10. The molecule has 1 saturated heterocycles. The maximum absolute atomic E-state index is 12.5. The highest BCUT2D eigenvalue weighted by Crippen LogP contribution is 2.13. The molecule has 0 saturated carbocycles. The van der Waals surface area contributed by atoms with E-state index in [0.717, 1.165) is 36.7 Å². The Morgan fingerprint density at radius 1 is 1.00 bits per heavy atom. The molecule has 1 fully saturated rings. The summed E-state index contributed by atoms with van der Waals surface area (Å²) in [4.78, 5) is 9.39. The second kappa shape index (κ2) is 11.1.